The molecule has 0 unspecified atom stereocenters. The Bertz CT molecular complexity index is 407. The van der Waals surface area contributed by atoms with E-state index in [0.717, 1.165) is 13.0 Å². The zero-order chi connectivity index (χ0) is 14.1. The van der Waals surface area contributed by atoms with Crippen LogP contribution in [-0.2, 0) is 0 Å². The number of rotatable bonds is 8. The molecular weight excluding hydrogens is 304 g/mol. The van der Waals surface area contributed by atoms with Crippen LogP contribution in [0.15, 0.2) is 22.7 Å². The van der Waals surface area contributed by atoms with E-state index < -0.39 is 0 Å². The fourth-order valence-electron chi connectivity index (χ4n) is 1.93. The Morgan fingerprint density at radius 2 is 1.89 bits per heavy atom. The second-order valence-corrected chi connectivity index (χ2v) is 5.53. The van der Waals surface area contributed by atoms with Crippen LogP contribution in [0.4, 0.5) is 5.69 Å². The highest BCUT2D eigenvalue weighted by molar-refractivity contribution is 9.10. The molecule has 0 aliphatic heterocycles. The molecule has 1 aromatic rings. The molecule has 0 saturated carbocycles. The standard InChI is InChI=1S/C15H23BrN2O/c1-2-3-4-5-6-7-11-18-15(19)12-9-8-10-13(17)14(12)16/h8-10H,2-7,11,17H2,1H3,(H,18,19). The number of carbonyl (C=O) groups is 1. The zero-order valence-corrected chi connectivity index (χ0v) is 13.1. The number of nitrogens with two attached hydrogens (primary N) is 1. The molecule has 0 bridgehead atoms. The molecule has 1 rings (SSSR count). The van der Waals surface area contributed by atoms with Crippen molar-refractivity contribution in [2.75, 3.05) is 12.3 Å². The van der Waals surface area contributed by atoms with Crippen LogP contribution in [0.25, 0.3) is 0 Å². The van der Waals surface area contributed by atoms with Gasteiger partial charge < -0.3 is 11.1 Å². The molecular formula is C15H23BrN2O. The quantitative estimate of drug-likeness (QED) is 0.557. The van der Waals surface area contributed by atoms with Gasteiger partial charge in [0, 0.05) is 12.2 Å². The molecule has 0 fully saturated rings. The van der Waals surface area contributed by atoms with Gasteiger partial charge in [0.15, 0.2) is 0 Å². The monoisotopic (exact) mass is 326 g/mol. The third-order valence-electron chi connectivity index (χ3n) is 3.09. The van der Waals surface area contributed by atoms with E-state index >= 15 is 0 Å². The molecule has 0 atom stereocenters. The second kappa shape index (κ2) is 8.97. The summed E-state index contributed by atoms with van der Waals surface area (Å²) in [4.78, 5) is 12.0. The van der Waals surface area contributed by atoms with Crippen LogP contribution in [0.3, 0.4) is 0 Å². The number of benzene rings is 1. The maximum atomic E-state index is 12.0. The van der Waals surface area contributed by atoms with Crippen molar-refractivity contribution in [2.24, 2.45) is 0 Å². The van der Waals surface area contributed by atoms with Crippen molar-refractivity contribution >= 4 is 27.5 Å². The molecule has 4 heteroatoms. The average molecular weight is 327 g/mol. The Balaban J connectivity index is 2.26. The largest absolute Gasteiger partial charge is 0.398 e. The first kappa shape index (κ1) is 16.0. The Morgan fingerprint density at radius 1 is 1.21 bits per heavy atom. The van der Waals surface area contributed by atoms with Crippen molar-refractivity contribution in [3.8, 4) is 0 Å². The van der Waals surface area contributed by atoms with Gasteiger partial charge in [-0.25, -0.2) is 0 Å². The van der Waals surface area contributed by atoms with Crippen LogP contribution < -0.4 is 11.1 Å². The first-order valence-corrected chi connectivity index (χ1v) is 7.78. The maximum Gasteiger partial charge on any atom is 0.252 e. The topological polar surface area (TPSA) is 55.1 Å². The minimum atomic E-state index is -0.0623. The van der Waals surface area contributed by atoms with E-state index in [-0.39, 0.29) is 5.91 Å². The summed E-state index contributed by atoms with van der Waals surface area (Å²) in [6, 6.07) is 5.34. The van der Waals surface area contributed by atoms with Crippen molar-refractivity contribution < 1.29 is 4.79 Å². The molecule has 0 aliphatic carbocycles. The maximum absolute atomic E-state index is 12.0. The fourth-order valence-corrected chi connectivity index (χ4v) is 2.37. The van der Waals surface area contributed by atoms with Crippen molar-refractivity contribution in [3.05, 3.63) is 28.2 Å². The predicted molar refractivity (Wildman–Crippen MR) is 84.3 cm³/mol. The number of unbranched alkanes of at least 4 members (excludes halogenated alkanes) is 5. The van der Waals surface area contributed by atoms with Crippen molar-refractivity contribution in [2.45, 2.75) is 45.4 Å². The van der Waals surface area contributed by atoms with Gasteiger partial charge in [-0.2, -0.15) is 0 Å². The molecule has 0 heterocycles. The molecule has 1 amide bonds. The Labute approximate surface area is 124 Å². The number of carbonyl (C=O) groups excluding carboxylic acids is 1. The number of hydrogen-bond acceptors (Lipinski definition) is 2. The van der Waals surface area contributed by atoms with E-state index in [1.165, 1.54) is 32.1 Å². The van der Waals surface area contributed by atoms with Crippen LogP contribution in [0.1, 0.15) is 55.8 Å². The number of hydrogen-bond donors (Lipinski definition) is 2. The second-order valence-electron chi connectivity index (χ2n) is 4.73. The summed E-state index contributed by atoms with van der Waals surface area (Å²) in [7, 11) is 0. The molecule has 106 valence electrons. The summed E-state index contributed by atoms with van der Waals surface area (Å²) in [6.07, 6.45) is 7.34. The van der Waals surface area contributed by atoms with Crippen LogP contribution in [0.5, 0.6) is 0 Å². The van der Waals surface area contributed by atoms with E-state index in [9.17, 15) is 4.79 Å². The van der Waals surface area contributed by atoms with Gasteiger partial charge in [0.25, 0.3) is 5.91 Å². The Hall–Kier alpha value is -1.03. The van der Waals surface area contributed by atoms with E-state index in [0.29, 0.717) is 15.7 Å². The lowest BCUT2D eigenvalue weighted by Crippen LogP contribution is -2.24. The molecule has 0 radical (unpaired) electrons. The van der Waals surface area contributed by atoms with E-state index in [4.69, 9.17) is 5.73 Å². The molecule has 0 aliphatic rings. The number of nitrogens with one attached hydrogen (secondary N) is 1. The lowest BCUT2D eigenvalue weighted by atomic mass is 10.1. The molecule has 0 saturated heterocycles. The predicted octanol–water partition coefficient (Wildman–Crippen LogP) is 4.12. The van der Waals surface area contributed by atoms with Gasteiger partial charge >= 0.3 is 0 Å². The fraction of sp³-hybridized carbons (Fsp3) is 0.533. The van der Waals surface area contributed by atoms with Crippen LogP contribution >= 0.6 is 15.9 Å². The van der Waals surface area contributed by atoms with Gasteiger partial charge in [-0.15, -0.1) is 0 Å². The molecule has 0 aromatic heterocycles. The SMILES string of the molecule is CCCCCCCCNC(=O)c1cccc(N)c1Br. The molecule has 1 aromatic carbocycles. The van der Waals surface area contributed by atoms with Crippen LogP contribution in [0, 0.1) is 0 Å². The highest BCUT2D eigenvalue weighted by atomic mass is 79.9. The highest BCUT2D eigenvalue weighted by Gasteiger charge is 2.10. The van der Waals surface area contributed by atoms with Crippen LogP contribution in [0.2, 0.25) is 0 Å². The normalized spacial score (nSPS) is 10.4. The summed E-state index contributed by atoms with van der Waals surface area (Å²) >= 11 is 3.35. The summed E-state index contributed by atoms with van der Waals surface area (Å²) in [5.41, 5.74) is 6.95. The van der Waals surface area contributed by atoms with Crippen molar-refractivity contribution in [1.82, 2.24) is 5.32 Å². The molecule has 19 heavy (non-hydrogen) atoms. The van der Waals surface area contributed by atoms with Gasteiger partial charge in [-0.3, -0.25) is 4.79 Å². The number of amides is 1. The van der Waals surface area contributed by atoms with Crippen molar-refractivity contribution in [1.29, 1.82) is 0 Å². The smallest absolute Gasteiger partial charge is 0.252 e. The molecule has 0 spiro atoms. The first-order valence-electron chi connectivity index (χ1n) is 6.99. The number of nitrogen functional groups attached to an aromatic ring is 1. The third kappa shape index (κ3) is 5.64. The van der Waals surface area contributed by atoms with Gasteiger partial charge in [-0.1, -0.05) is 45.1 Å². The number of halogens is 1. The summed E-state index contributed by atoms with van der Waals surface area (Å²) in [5.74, 6) is -0.0623. The van der Waals surface area contributed by atoms with Gasteiger partial charge in [0.1, 0.15) is 0 Å². The first-order chi connectivity index (χ1) is 9.16. The minimum absolute atomic E-state index is 0.0623. The Morgan fingerprint density at radius 3 is 2.63 bits per heavy atom. The molecule has 3 N–H and O–H groups in total. The van der Waals surface area contributed by atoms with Crippen LogP contribution in [-0.4, -0.2) is 12.5 Å². The van der Waals surface area contributed by atoms with Gasteiger partial charge in [-0.05, 0) is 34.5 Å². The Kier molecular flexibility index (Phi) is 7.56. The van der Waals surface area contributed by atoms with Gasteiger partial charge in [0.2, 0.25) is 0 Å². The lowest BCUT2D eigenvalue weighted by Gasteiger charge is -2.08. The van der Waals surface area contributed by atoms with E-state index in [1.54, 1.807) is 18.2 Å². The van der Waals surface area contributed by atoms with Crippen molar-refractivity contribution in [3.63, 3.8) is 0 Å². The summed E-state index contributed by atoms with van der Waals surface area (Å²) < 4.78 is 0.676. The van der Waals surface area contributed by atoms with Gasteiger partial charge in [0.05, 0.1) is 10.0 Å². The lowest BCUT2D eigenvalue weighted by molar-refractivity contribution is 0.0952. The average Bonchev–Trinajstić information content (AvgIpc) is 2.40. The summed E-state index contributed by atoms with van der Waals surface area (Å²) in [6.45, 7) is 2.94. The van der Waals surface area contributed by atoms with E-state index in [2.05, 4.69) is 28.2 Å². The third-order valence-corrected chi connectivity index (χ3v) is 3.97. The number of anilines is 1. The summed E-state index contributed by atoms with van der Waals surface area (Å²) in [5, 5.41) is 2.93. The zero-order valence-electron chi connectivity index (χ0n) is 11.5. The minimum Gasteiger partial charge on any atom is -0.398 e. The highest BCUT2D eigenvalue weighted by Crippen LogP contribution is 2.23. The molecule has 3 nitrogen and oxygen atoms in total. The van der Waals surface area contributed by atoms with E-state index in [1.807, 2.05) is 0 Å².